The molecule has 1 atom stereocenters. The predicted molar refractivity (Wildman–Crippen MR) is 55.1 cm³/mol. The van der Waals surface area contributed by atoms with E-state index in [4.69, 9.17) is 14.2 Å². The summed E-state index contributed by atoms with van der Waals surface area (Å²) in [6.07, 6.45) is 0.0842. The van der Waals surface area contributed by atoms with E-state index in [0.717, 1.165) is 13.2 Å². The highest BCUT2D eigenvalue weighted by Gasteiger charge is 2.43. The van der Waals surface area contributed by atoms with Crippen LogP contribution in [0.25, 0.3) is 0 Å². The van der Waals surface area contributed by atoms with Gasteiger partial charge in [-0.3, -0.25) is 0 Å². The third-order valence-corrected chi connectivity index (χ3v) is 3.49. The van der Waals surface area contributed by atoms with Gasteiger partial charge in [0.1, 0.15) is 0 Å². The first-order chi connectivity index (χ1) is 6.53. The van der Waals surface area contributed by atoms with Crippen LogP contribution in [-0.2, 0) is 14.2 Å². The molecule has 1 fully saturated rings. The number of rotatable bonds is 3. The van der Waals surface area contributed by atoms with Crippen molar-refractivity contribution in [3.05, 3.63) is 0 Å². The van der Waals surface area contributed by atoms with Crippen molar-refractivity contribution in [3.63, 3.8) is 0 Å². The van der Waals surface area contributed by atoms with E-state index in [9.17, 15) is 0 Å². The van der Waals surface area contributed by atoms with Crippen molar-refractivity contribution in [2.45, 2.75) is 40.1 Å². The maximum Gasteiger partial charge on any atom is 0.154 e. The van der Waals surface area contributed by atoms with Crippen LogP contribution < -0.4 is 0 Å². The summed E-state index contributed by atoms with van der Waals surface area (Å²) in [6, 6.07) is 0. The number of methoxy groups -OCH3 is 1. The van der Waals surface area contributed by atoms with Crippen molar-refractivity contribution in [2.75, 3.05) is 20.3 Å². The van der Waals surface area contributed by atoms with Crippen molar-refractivity contribution >= 4 is 0 Å². The second kappa shape index (κ2) is 4.60. The molecule has 14 heavy (non-hydrogen) atoms. The number of hydrogen-bond donors (Lipinski definition) is 0. The zero-order chi connectivity index (χ0) is 10.8. The molecule has 0 radical (unpaired) electrons. The first kappa shape index (κ1) is 12.0. The van der Waals surface area contributed by atoms with Crippen molar-refractivity contribution in [2.24, 2.45) is 11.3 Å². The Morgan fingerprint density at radius 3 is 2.07 bits per heavy atom. The summed E-state index contributed by atoms with van der Waals surface area (Å²) in [5, 5.41) is 0. The smallest absolute Gasteiger partial charge is 0.154 e. The quantitative estimate of drug-likeness (QED) is 0.701. The lowest BCUT2D eigenvalue weighted by Gasteiger charge is -2.45. The minimum atomic E-state index is -0.0778. The van der Waals surface area contributed by atoms with Gasteiger partial charge in [-0.1, -0.05) is 13.8 Å². The molecule has 0 N–H and O–H groups in total. The van der Waals surface area contributed by atoms with Crippen LogP contribution in [0.2, 0.25) is 0 Å². The van der Waals surface area contributed by atoms with Gasteiger partial charge in [-0.2, -0.15) is 0 Å². The summed E-state index contributed by atoms with van der Waals surface area (Å²) in [7, 11) is 1.74. The van der Waals surface area contributed by atoms with Gasteiger partial charge in [0.2, 0.25) is 0 Å². The predicted octanol–water partition coefficient (Wildman–Crippen LogP) is 2.06. The third kappa shape index (κ3) is 2.10. The van der Waals surface area contributed by atoms with Gasteiger partial charge in [-0.25, -0.2) is 0 Å². The van der Waals surface area contributed by atoms with Crippen LogP contribution in [0.4, 0.5) is 0 Å². The summed E-state index contributed by atoms with van der Waals surface area (Å²) in [6.45, 7) is 9.85. The largest absolute Gasteiger partial charge is 0.381 e. The molecule has 84 valence electrons. The third-order valence-electron chi connectivity index (χ3n) is 3.49. The fourth-order valence-corrected chi connectivity index (χ4v) is 1.91. The summed E-state index contributed by atoms with van der Waals surface area (Å²) < 4.78 is 16.6. The molecule has 0 spiro atoms. The number of ether oxygens (including phenoxy) is 3. The van der Waals surface area contributed by atoms with Gasteiger partial charge in [0.25, 0.3) is 0 Å². The van der Waals surface area contributed by atoms with E-state index in [1.165, 1.54) is 0 Å². The molecule has 3 heteroatoms. The highest BCUT2D eigenvalue weighted by atomic mass is 16.7. The standard InChI is InChI=1S/C11H22O3/c1-8(2)11(9(3)12-5)6-13-10(4)14-7-11/h8-10H,6-7H2,1-5H3. The minimum absolute atomic E-state index is 0.00125. The first-order valence-corrected chi connectivity index (χ1v) is 5.29. The Morgan fingerprint density at radius 1 is 1.21 bits per heavy atom. The van der Waals surface area contributed by atoms with E-state index >= 15 is 0 Å². The van der Waals surface area contributed by atoms with Gasteiger partial charge in [-0.05, 0) is 19.8 Å². The zero-order valence-electron chi connectivity index (χ0n) is 9.87. The first-order valence-electron chi connectivity index (χ1n) is 5.29. The Labute approximate surface area is 86.7 Å². The molecule has 1 unspecified atom stereocenters. The van der Waals surface area contributed by atoms with Crippen LogP contribution in [0.5, 0.6) is 0 Å². The topological polar surface area (TPSA) is 27.7 Å². The SMILES string of the molecule is COC(C)C1(C(C)C)COC(C)OC1. The monoisotopic (exact) mass is 202 g/mol. The summed E-state index contributed by atoms with van der Waals surface area (Å²) >= 11 is 0. The van der Waals surface area contributed by atoms with Crippen molar-refractivity contribution in [1.82, 2.24) is 0 Å². The molecule has 1 aliphatic heterocycles. The maximum absolute atomic E-state index is 5.58. The Balaban J connectivity index is 2.73. The Kier molecular flexibility index (Phi) is 3.93. The van der Waals surface area contributed by atoms with E-state index in [-0.39, 0.29) is 17.8 Å². The zero-order valence-corrected chi connectivity index (χ0v) is 9.87. The summed E-state index contributed by atoms with van der Waals surface area (Å²) in [4.78, 5) is 0. The molecule has 0 saturated carbocycles. The molecule has 1 aliphatic rings. The highest BCUT2D eigenvalue weighted by Crippen LogP contribution is 2.37. The van der Waals surface area contributed by atoms with Gasteiger partial charge in [0, 0.05) is 12.5 Å². The molecular weight excluding hydrogens is 180 g/mol. The van der Waals surface area contributed by atoms with E-state index in [1.54, 1.807) is 7.11 Å². The highest BCUT2D eigenvalue weighted by molar-refractivity contribution is 4.89. The molecule has 1 rings (SSSR count). The van der Waals surface area contributed by atoms with Crippen molar-refractivity contribution in [1.29, 1.82) is 0 Å². The molecule has 0 bridgehead atoms. The number of hydrogen-bond acceptors (Lipinski definition) is 3. The molecule has 0 aliphatic carbocycles. The van der Waals surface area contributed by atoms with Gasteiger partial charge in [0.15, 0.2) is 6.29 Å². The van der Waals surface area contributed by atoms with Gasteiger partial charge in [-0.15, -0.1) is 0 Å². The average molecular weight is 202 g/mol. The Bertz CT molecular complexity index is 171. The van der Waals surface area contributed by atoms with Crippen molar-refractivity contribution < 1.29 is 14.2 Å². The van der Waals surface area contributed by atoms with Gasteiger partial charge >= 0.3 is 0 Å². The molecule has 0 aromatic carbocycles. The fraction of sp³-hybridized carbons (Fsp3) is 1.00. The van der Waals surface area contributed by atoms with Crippen molar-refractivity contribution in [3.8, 4) is 0 Å². The summed E-state index contributed by atoms with van der Waals surface area (Å²) in [5.41, 5.74) is 0.00125. The van der Waals surface area contributed by atoms with Crippen LogP contribution in [-0.4, -0.2) is 32.7 Å². The lowest BCUT2D eigenvalue weighted by molar-refractivity contribution is -0.254. The van der Waals surface area contributed by atoms with Crippen LogP contribution in [0.1, 0.15) is 27.7 Å². The van der Waals surface area contributed by atoms with Crippen LogP contribution in [0, 0.1) is 11.3 Å². The summed E-state index contributed by atoms with van der Waals surface area (Å²) in [5.74, 6) is 0.491. The van der Waals surface area contributed by atoms with E-state index < -0.39 is 0 Å². The van der Waals surface area contributed by atoms with Crippen LogP contribution in [0.3, 0.4) is 0 Å². The lowest BCUT2D eigenvalue weighted by Crippen LogP contribution is -2.51. The second-order valence-corrected chi connectivity index (χ2v) is 4.46. The van der Waals surface area contributed by atoms with Crippen LogP contribution in [0.15, 0.2) is 0 Å². The minimum Gasteiger partial charge on any atom is -0.381 e. The maximum atomic E-state index is 5.58. The Hall–Kier alpha value is -0.120. The van der Waals surface area contributed by atoms with Crippen LogP contribution >= 0.6 is 0 Å². The molecule has 0 aromatic heterocycles. The molecule has 1 saturated heterocycles. The lowest BCUT2D eigenvalue weighted by atomic mass is 9.74. The van der Waals surface area contributed by atoms with Gasteiger partial charge in [0.05, 0.1) is 19.3 Å². The molecule has 3 nitrogen and oxygen atoms in total. The molecular formula is C11H22O3. The molecule has 0 aromatic rings. The second-order valence-electron chi connectivity index (χ2n) is 4.46. The molecule has 1 heterocycles. The molecule has 0 amide bonds. The normalized spacial score (nSPS) is 36.0. The average Bonchev–Trinajstić information content (AvgIpc) is 2.18. The van der Waals surface area contributed by atoms with E-state index in [0.29, 0.717) is 5.92 Å². The Morgan fingerprint density at radius 2 is 1.71 bits per heavy atom. The van der Waals surface area contributed by atoms with E-state index in [1.807, 2.05) is 6.92 Å². The fourth-order valence-electron chi connectivity index (χ4n) is 1.91. The van der Waals surface area contributed by atoms with E-state index in [2.05, 4.69) is 20.8 Å². The van der Waals surface area contributed by atoms with Gasteiger partial charge < -0.3 is 14.2 Å².